The van der Waals surface area contributed by atoms with Gasteiger partial charge in [0.1, 0.15) is 5.75 Å². The molecule has 8 nitrogen and oxygen atoms in total. The van der Waals surface area contributed by atoms with Gasteiger partial charge in [0.2, 0.25) is 10.0 Å². The SMILES string of the molecule is CC(Oc1ccc2c(c1)CCC2)C(=O)NNC(=S)Nc1ccc(S(N)(=O)=O)cc1. The van der Waals surface area contributed by atoms with E-state index in [-0.39, 0.29) is 15.9 Å². The lowest BCUT2D eigenvalue weighted by atomic mass is 10.1. The maximum absolute atomic E-state index is 12.2. The van der Waals surface area contributed by atoms with Crippen LogP contribution in [0.15, 0.2) is 47.4 Å². The zero-order valence-electron chi connectivity index (χ0n) is 15.8. The molecule has 0 heterocycles. The number of amides is 1. The molecule has 0 saturated carbocycles. The number of anilines is 1. The Labute approximate surface area is 174 Å². The molecule has 1 amide bonds. The maximum Gasteiger partial charge on any atom is 0.279 e. The minimum absolute atomic E-state index is 0.00670. The van der Waals surface area contributed by atoms with Crippen LogP contribution < -0.4 is 26.0 Å². The zero-order chi connectivity index (χ0) is 21.0. The molecule has 154 valence electrons. The third-order valence-electron chi connectivity index (χ3n) is 4.49. The van der Waals surface area contributed by atoms with Gasteiger partial charge in [0.05, 0.1) is 4.90 Å². The first-order valence-electron chi connectivity index (χ1n) is 9.00. The molecule has 1 aliphatic rings. The molecular formula is C19H22N4O4S2. The number of hydrogen-bond donors (Lipinski definition) is 4. The standard InChI is InChI=1S/C19H22N4O4S2/c1-12(27-16-8-5-13-3-2-4-14(13)11-16)18(24)22-23-19(28)21-15-6-9-17(10-7-15)29(20,25)26/h5-12H,2-4H2,1H3,(H,22,24)(H2,20,25,26)(H2,21,23,28). The highest BCUT2D eigenvalue weighted by Crippen LogP contribution is 2.26. The van der Waals surface area contributed by atoms with E-state index in [4.69, 9.17) is 22.1 Å². The molecule has 0 aromatic heterocycles. The molecule has 0 fully saturated rings. The van der Waals surface area contributed by atoms with Gasteiger partial charge in [0.25, 0.3) is 5.91 Å². The topological polar surface area (TPSA) is 123 Å². The minimum Gasteiger partial charge on any atom is -0.481 e. The second-order valence-corrected chi connectivity index (χ2v) is 8.65. The monoisotopic (exact) mass is 434 g/mol. The molecule has 1 unspecified atom stereocenters. The van der Waals surface area contributed by atoms with Crippen molar-refractivity contribution in [1.29, 1.82) is 0 Å². The molecule has 0 bridgehead atoms. The van der Waals surface area contributed by atoms with Gasteiger partial charge in [-0.1, -0.05) is 6.07 Å². The van der Waals surface area contributed by atoms with Gasteiger partial charge in [-0.3, -0.25) is 15.6 Å². The molecule has 29 heavy (non-hydrogen) atoms. The summed E-state index contributed by atoms with van der Waals surface area (Å²) < 4.78 is 28.2. The maximum atomic E-state index is 12.2. The van der Waals surface area contributed by atoms with Crippen molar-refractivity contribution in [2.75, 3.05) is 5.32 Å². The number of hydrogen-bond acceptors (Lipinski definition) is 5. The van der Waals surface area contributed by atoms with Crippen LogP contribution in [0, 0.1) is 0 Å². The van der Waals surface area contributed by atoms with Crippen molar-refractivity contribution in [3.63, 3.8) is 0 Å². The lowest BCUT2D eigenvalue weighted by Gasteiger charge is -2.17. The number of aryl methyl sites for hydroxylation is 2. The summed E-state index contributed by atoms with van der Waals surface area (Å²) in [6.45, 7) is 1.65. The molecule has 0 aliphatic heterocycles. The molecule has 0 spiro atoms. The predicted octanol–water partition coefficient (Wildman–Crippen LogP) is 1.61. The van der Waals surface area contributed by atoms with E-state index in [9.17, 15) is 13.2 Å². The third kappa shape index (κ3) is 5.66. The number of ether oxygens (including phenoxy) is 1. The van der Waals surface area contributed by atoms with Crippen LogP contribution in [0.5, 0.6) is 5.75 Å². The van der Waals surface area contributed by atoms with Crippen molar-refractivity contribution in [2.45, 2.75) is 37.2 Å². The van der Waals surface area contributed by atoms with Crippen LogP contribution in [0.2, 0.25) is 0 Å². The van der Waals surface area contributed by atoms with Gasteiger partial charge >= 0.3 is 0 Å². The summed E-state index contributed by atoms with van der Waals surface area (Å²) in [6.07, 6.45) is 2.55. The first-order chi connectivity index (χ1) is 13.7. The number of thiocarbonyl (C=S) groups is 1. The average molecular weight is 435 g/mol. The van der Waals surface area contributed by atoms with Gasteiger partial charge in [-0.2, -0.15) is 0 Å². The summed E-state index contributed by atoms with van der Waals surface area (Å²) in [5.74, 6) is 0.267. The van der Waals surface area contributed by atoms with Crippen LogP contribution in [-0.4, -0.2) is 25.5 Å². The van der Waals surface area contributed by atoms with E-state index in [1.165, 1.54) is 35.4 Å². The number of nitrogens with one attached hydrogen (secondary N) is 3. The van der Waals surface area contributed by atoms with Crippen molar-refractivity contribution in [2.24, 2.45) is 5.14 Å². The van der Waals surface area contributed by atoms with Gasteiger partial charge in [0, 0.05) is 5.69 Å². The van der Waals surface area contributed by atoms with Crippen LogP contribution in [0.1, 0.15) is 24.5 Å². The Morgan fingerprint density at radius 2 is 1.79 bits per heavy atom. The Balaban J connectivity index is 1.47. The highest BCUT2D eigenvalue weighted by molar-refractivity contribution is 7.89. The van der Waals surface area contributed by atoms with Crippen molar-refractivity contribution in [1.82, 2.24) is 10.9 Å². The number of sulfonamides is 1. The van der Waals surface area contributed by atoms with Crippen LogP contribution >= 0.6 is 12.2 Å². The molecule has 1 atom stereocenters. The van der Waals surface area contributed by atoms with Crippen LogP contribution in [-0.2, 0) is 27.7 Å². The second kappa shape index (κ2) is 8.76. The number of carbonyl (C=O) groups excluding carboxylic acids is 1. The highest BCUT2D eigenvalue weighted by Gasteiger charge is 2.17. The van der Waals surface area contributed by atoms with E-state index in [0.717, 1.165) is 19.3 Å². The van der Waals surface area contributed by atoms with E-state index in [1.807, 2.05) is 18.2 Å². The van der Waals surface area contributed by atoms with E-state index in [1.54, 1.807) is 6.92 Å². The fourth-order valence-electron chi connectivity index (χ4n) is 2.99. The first kappa shape index (κ1) is 21.0. The Bertz CT molecular complexity index is 1020. The van der Waals surface area contributed by atoms with Crippen LogP contribution in [0.25, 0.3) is 0 Å². The average Bonchev–Trinajstić information content (AvgIpc) is 3.13. The smallest absolute Gasteiger partial charge is 0.279 e. The molecule has 3 rings (SSSR count). The molecule has 2 aromatic rings. The van der Waals surface area contributed by atoms with Gasteiger partial charge in [-0.05, 0) is 85.9 Å². The first-order valence-corrected chi connectivity index (χ1v) is 11.0. The molecular weight excluding hydrogens is 412 g/mol. The summed E-state index contributed by atoms with van der Waals surface area (Å²) in [7, 11) is -3.76. The normalized spacial score (nSPS) is 13.9. The summed E-state index contributed by atoms with van der Waals surface area (Å²) in [5.41, 5.74) is 8.20. The fourth-order valence-corrected chi connectivity index (χ4v) is 3.67. The highest BCUT2D eigenvalue weighted by atomic mass is 32.2. The van der Waals surface area contributed by atoms with Gasteiger partial charge in [-0.15, -0.1) is 0 Å². The van der Waals surface area contributed by atoms with Crippen molar-refractivity contribution >= 4 is 38.9 Å². The Morgan fingerprint density at radius 3 is 2.48 bits per heavy atom. The minimum atomic E-state index is -3.76. The number of fused-ring (bicyclic) bond motifs is 1. The van der Waals surface area contributed by atoms with Crippen LogP contribution in [0.3, 0.4) is 0 Å². The number of nitrogens with two attached hydrogens (primary N) is 1. The van der Waals surface area contributed by atoms with E-state index in [0.29, 0.717) is 11.4 Å². The third-order valence-corrected chi connectivity index (χ3v) is 5.63. The number of benzene rings is 2. The van der Waals surface area contributed by atoms with E-state index in [2.05, 4.69) is 16.2 Å². The lowest BCUT2D eigenvalue weighted by molar-refractivity contribution is -0.127. The van der Waals surface area contributed by atoms with E-state index < -0.39 is 16.1 Å². The Morgan fingerprint density at radius 1 is 1.10 bits per heavy atom. The molecule has 0 radical (unpaired) electrons. The van der Waals surface area contributed by atoms with Crippen molar-refractivity contribution in [3.8, 4) is 5.75 Å². The molecule has 2 aromatic carbocycles. The molecule has 1 aliphatic carbocycles. The summed E-state index contributed by atoms with van der Waals surface area (Å²) in [4.78, 5) is 12.2. The van der Waals surface area contributed by atoms with Gasteiger partial charge in [-0.25, -0.2) is 13.6 Å². The van der Waals surface area contributed by atoms with E-state index >= 15 is 0 Å². The Kier molecular flexibility index (Phi) is 6.36. The molecule has 0 saturated heterocycles. The Hall–Kier alpha value is -2.69. The second-order valence-electron chi connectivity index (χ2n) is 6.68. The molecule has 5 N–H and O–H groups in total. The predicted molar refractivity (Wildman–Crippen MR) is 114 cm³/mol. The number of rotatable bonds is 5. The number of carbonyl (C=O) groups is 1. The summed E-state index contributed by atoms with van der Waals surface area (Å²) in [5, 5.41) is 8.01. The van der Waals surface area contributed by atoms with Gasteiger partial charge < -0.3 is 10.1 Å². The van der Waals surface area contributed by atoms with Crippen molar-refractivity contribution < 1.29 is 17.9 Å². The zero-order valence-corrected chi connectivity index (χ0v) is 17.4. The fraction of sp³-hybridized carbons (Fsp3) is 0.263. The largest absolute Gasteiger partial charge is 0.481 e. The molecule has 10 heteroatoms. The van der Waals surface area contributed by atoms with Crippen LogP contribution in [0.4, 0.5) is 5.69 Å². The quantitative estimate of drug-likeness (QED) is 0.416. The summed E-state index contributed by atoms with van der Waals surface area (Å²) in [6, 6.07) is 11.6. The lowest BCUT2D eigenvalue weighted by Crippen LogP contribution is -2.48. The van der Waals surface area contributed by atoms with Crippen molar-refractivity contribution in [3.05, 3.63) is 53.6 Å². The van der Waals surface area contributed by atoms with Gasteiger partial charge in [0.15, 0.2) is 11.2 Å². The summed E-state index contributed by atoms with van der Waals surface area (Å²) >= 11 is 5.11. The number of primary sulfonamides is 1. The number of hydrazine groups is 1.